The lowest BCUT2D eigenvalue weighted by molar-refractivity contribution is 0.282. The molecule has 2 aliphatic rings. The van der Waals surface area contributed by atoms with E-state index >= 15 is 0 Å². The monoisotopic (exact) mass is 261 g/mol. The number of nitrogens with one attached hydrogen (secondary N) is 1. The molecule has 1 aliphatic carbocycles. The Morgan fingerprint density at radius 3 is 2.74 bits per heavy atom. The van der Waals surface area contributed by atoms with Crippen molar-refractivity contribution in [3.63, 3.8) is 0 Å². The van der Waals surface area contributed by atoms with E-state index in [2.05, 4.69) is 37.6 Å². The molecule has 0 unspecified atom stereocenters. The van der Waals surface area contributed by atoms with Crippen LogP contribution in [0, 0.1) is 11.8 Å². The van der Waals surface area contributed by atoms with Gasteiger partial charge in [0.15, 0.2) is 0 Å². The van der Waals surface area contributed by atoms with Crippen LogP contribution in [0.15, 0.2) is 0 Å². The van der Waals surface area contributed by atoms with E-state index in [1.807, 2.05) is 0 Å². The SMILES string of the molecule is CC(C)Cc1nc2c(n1C(C)(C)C1CC1)CCNC2. The van der Waals surface area contributed by atoms with Gasteiger partial charge in [0.25, 0.3) is 0 Å². The molecular weight excluding hydrogens is 234 g/mol. The van der Waals surface area contributed by atoms with Gasteiger partial charge in [-0.05, 0) is 38.5 Å². The topological polar surface area (TPSA) is 29.9 Å². The minimum absolute atomic E-state index is 0.252. The first kappa shape index (κ1) is 13.2. The van der Waals surface area contributed by atoms with Crippen molar-refractivity contribution < 1.29 is 0 Å². The zero-order valence-electron chi connectivity index (χ0n) is 12.8. The second kappa shape index (κ2) is 4.62. The summed E-state index contributed by atoms with van der Waals surface area (Å²) >= 11 is 0. The molecule has 2 heterocycles. The lowest BCUT2D eigenvalue weighted by atomic mass is 9.96. The summed E-state index contributed by atoms with van der Waals surface area (Å²) in [4.78, 5) is 4.97. The van der Waals surface area contributed by atoms with Crippen molar-refractivity contribution in [2.75, 3.05) is 6.54 Å². The van der Waals surface area contributed by atoms with Gasteiger partial charge < -0.3 is 9.88 Å². The molecule has 3 nitrogen and oxygen atoms in total. The lowest BCUT2D eigenvalue weighted by Crippen LogP contribution is -2.34. The molecule has 0 amide bonds. The normalized spacial score (nSPS) is 19.8. The number of imidazole rings is 1. The zero-order valence-corrected chi connectivity index (χ0v) is 12.8. The Kier molecular flexibility index (Phi) is 3.20. The first-order chi connectivity index (χ1) is 9.00. The molecule has 1 aliphatic heterocycles. The molecule has 0 spiro atoms. The minimum atomic E-state index is 0.252. The van der Waals surface area contributed by atoms with Crippen LogP contribution in [-0.4, -0.2) is 16.1 Å². The molecular formula is C16H27N3. The van der Waals surface area contributed by atoms with E-state index in [-0.39, 0.29) is 5.54 Å². The van der Waals surface area contributed by atoms with Gasteiger partial charge in [0.2, 0.25) is 0 Å². The van der Waals surface area contributed by atoms with Crippen molar-refractivity contribution in [3.8, 4) is 0 Å². The molecule has 0 bridgehead atoms. The van der Waals surface area contributed by atoms with Gasteiger partial charge in [-0.3, -0.25) is 0 Å². The van der Waals surface area contributed by atoms with E-state index in [4.69, 9.17) is 4.98 Å². The van der Waals surface area contributed by atoms with Crippen LogP contribution in [0.5, 0.6) is 0 Å². The highest BCUT2D eigenvalue weighted by atomic mass is 15.2. The average molecular weight is 261 g/mol. The molecule has 0 aromatic carbocycles. The summed E-state index contributed by atoms with van der Waals surface area (Å²) in [7, 11) is 0. The van der Waals surface area contributed by atoms with E-state index in [1.165, 1.54) is 30.1 Å². The number of fused-ring (bicyclic) bond motifs is 1. The smallest absolute Gasteiger partial charge is 0.110 e. The summed E-state index contributed by atoms with van der Waals surface area (Å²) in [5.41, 5.74) is 3.06. The fourth-order valence-corrected chi connectivity index (χ4v) is 3.52. The van der Waals surface area contributed by atoms with Crippen LogP contribution < -0.4 is 5.32 Å². The van der Waals surface area contributed by atoms with Crippen molar-refractivity contribution in [3.05, 3.63) is 17.2 Å². The van der Waals surface area contributed by atoms with Crippen LogP contribution >= 0.6 is 0 Å². The number of hydrogen-bond donors (Lipinski definition) is 1. The van der Waals surface area contributed by atoms with E-state index in [0.717, 1.165) is 31.8 Å². The maximum Gasteiger partial charge on any atom is 0.110 e. The summed E-state index contributed by atoms with van der Waals surface area (Å²) < 4.78 is 2.61. The second-order valence-electron chi connectivity index (χ2n) is 7.21. The molecule has 3 heteroatoms. The average Bonchev–Trinajstić information content (AvgIpc) is 3.10. The Balaban J connectivity index is 2.05. The predicted octanol–water partition coefficient (Wildman–Crippen LogP) is 2.87. The molecule has 1 aromatic heterocycles. The highest BCUT2D eigenvalue weighted by Crippen LogP contribution is 2.45. The Morgan fingerprint density at radius 1 is 1.37 bits per heavy atom. The van der Waals surface area contributed by atoms with Gasteiger partial charge in [0, 0.05) is 37.2 Å². The standard InChI is InChI=1S/C16H27N3/c1-11(2)9-15-18-13-10-17-8-7-14(13)19(15)16(3,4)12-5-6-12/h11-12,17H,5-10H2,1-4H3. The van der Waals surface area contributed by atoms with E-state index in [1.54, 1.807) is 0 Å². The Morgan fingerprint density at radius 2 is 2.11 bits per heavy atom. The first-order valence-corrected chi connectivity index (χ1v) is 7.80. The second-order valence-corrected chi connectivity index (χ2v) is 7.21. The van der Waals surface area contributed by atoms with Crippen LogP contribution in [0.2, 0.25) is 0 Å². The highest BCUT2D eigenvalue weighted by Gasteiger charge is 2.42. The minimum Gasteiger partial charge on any atom is -0.326 e. The summed E-state index contributed by atoms with van der Waals surface area (Å²) in [6.45, 7) is 11.5. The van der Waals surface area contributed by atoms with Crippen molar-refractivity contribution >= 4 is 0 Å². The van der Waals surface area contributed by atoms with Crippen LogP contribution in [0.4, 0.5) is 0 Å². The summed E-state index contributed by atoms with van der Waals surface area (Å²) in [6.07, 6.45) is 5.01. The number of rotatable bonds is 4. The summed E-state index contributed by atoms with van der Waals surface area (Å²) in [6, 6.07) is 0. The molecule has 0 atom stereocenters. The fourth-order valence-electron chi connectivity index (χ4n) is 3.52. The number of aromatic nitrogens is 2. The summed E-state index contributed by atoms with van der Waals surface area (Å²) in [5.74, 6) is 2.85. The maximum absolute atomic E-state index is 4.97. The fraction of sp³-hybridized carbons (Fsp3) is 0.812. The molecule has 1 aromatic rings. The van der Waals surface area contributed by atoms with Gasteiger partial charge in [0.05, 0.1) is 5.69 Å². The number of nitrogens with zero attached hydrogens (tertiary/aromatic N) is 2. The highest BCUT2D eigenvalue weighted by molar-refractivity contribution is 5.23. The van der Waals surface area contributed by atoms with Gasteiger partial charge in [-0.2, -0.15) is 0 Å². The van der Waals surface area contributed by atoms with E-state index in [0.29, 0.717) is 5.92 Å². The van der Waals surface area contributed by atoms with Crippen LogP contribution in [0.3, 0.4) is 0 Å². The van der Waals surface area contributed by atoms with Crippen molar-refractivity contribution in [2.24, 2.45) is 11.8 Å². The van der Waals surface area contributed by atoms with Gasteiger partial charge in [0.1, 0.15) is 5.82 Å². The largest absolute Gasteiger partial charge is 0.326 e. The molecule has 106 valence electrons. The molecule has 1 N–H and O–H groups in total. The molecule has 3 rings (SSSR count). The van der Waals surface area contributed by atoms with E-state index < -0.39 is 0 Å². The maximum atomic E-state index is 4.97. The Hall–Kier alpha value is -0.830. The lowest BCUT2D eigenvalue weighted by Gasteiger charge is -2.32. The van der Waals surface area contributed by atoms with E-state index in [9.17, 15) is 0 Å². The molecule has 1 fully saturated rings. The third-order valence-electron chi connectivity index (χ3n) is 4.70. The van der Waals surface area contributed by atoms with Gasteiger partial charge in [-0.15, -0.1) is 0 Å². The van der Waals surface area contributed by atoms with Gasteiger partial charge in [-0.1, -0.05) is 13.8 Å². The predicted molar refractivity (Wildman–Crippen MR) is 78.2 cm³/mol. The van der Waals surface area contributed by atoms with Crippen LogP contribution in [0.25, 0.3) is 0 Å². The Labute approximate surface area is 116 Å². The molecule has 1 saturated carbocycles. The molecule has 0 saturated heterocycles. The molecule has 19 heavy (non-hydrogen) atoms. The quantitative estimate of drug-likeness (QED) is 0.903. The van der Waals surface area contributed by atoms with Crippen molar-refractivity contribution in [1.82, 2.24) is 14.9 Å². The van der Waals surface area contributed by atoms with Gasteiger partial charge >= 0.3 is 0 Å². The number of hydrogen-bond acceptors (Lipinski definition) is 2. The first-order valence-electron chi connectivity index (χ1n) is 7.80. The summed E-state index contributed by atoms with van der Waals surface area (Å²) in [5, 5.41) is 3.46. The zero-order chi connectivity index (χ0) is 13.6. The van der Waals surface area contributed by atoms with Crippen LogP contribution in [-0.2, 0) is 24.9 Å². The molecule has 0 radical (unpaired) electrons. The Bertz CT molecular complexity index is 467. The van der Waals surface area contributed by atoms with Crippen molar-refractivity contribution in [2.45, 2.75) is 65.5 Å². The van der Waals surface area contributed by atoms with Crippen LogP contribution in [0.1, 0.15) is 57.7 Å². The van der Waals surface area contributed by atoms with Crippen molar-refractivity contribution in [1.29, 1.82) is 0 Å². The van der Waals surface area contributed by atoms with Gasteiger partial charge in [-0.25, -0.2) is 4.98 Å². The third kappa shape index (κ3) is 2.33. The third-order valence-corrected chi connectivity index (χ3v) is 4.70.